The predicted molar refractivity (Wildman–Crippen MR) is 62.8 cm³/mol. The van der Waals surface area contributed by atoms with Gasteiger partial charge in [-0.3, -0.25) is 4.90 Å². The third-order valence-corrected chi connectivity index (χ3v) is 5.03. The monoisotopic (exact) mass is 208 g/mol. The van der Waals surface area contributed by atoms with Crippen LogP contribution in [0.3, 0.4) is 0 Å². The highest BCUT2D eigenvalue weighted by atomic mass is 15.2. The van der Waals surface area contributed by atoms with Gasteiger partial charge in [-0.2, -0.15) is 0 Å². The van der Waals surface area contributed by atoms with Crippen LogP contribution in [0.5, 0.6) is 0 Å². The molecule has 3 fully saturated rings. The molecule has 3 aliphatic rings. The maximum Gasteiger partial charge on any atom is 0.0124 e. The Hall–Kier alpha value is -0.0800. The molecule has 4 unspecified atom stereocenters. The predicted octanol–water partition coefficient (Wildman–Crippen LogP) is 1.72. The molecule has 0 aromatic heterocycles. The summed E-state index contributed by atoms with van der Waals surface area (Å²) >= 11 is 0. The topological polar surface area (TPSA) is 15.3 Å². The van der Waals surface area contributed by atoms with Crippen LogP contribution >= 0.6 is 0 Å². The molecule has 3 rings (SSSR count). The molecule has 0 amide bonds. The van der Waals surface area contributed by atoms with E-state index >= 15 is 0 Å². The van der Waals surface area contributed by atoms with Crippen LogP contribution in [0.15, 0.2) is 0 Å². The molecular weight excluding hydrogens is 184 g/mol. The third kappa shape index (κ3) is 1.72. The molecule has 1 saturated carbocycles. The Balaban J connectivity index is 1.64. The molecule has 2 nitrogen and oxygen atoms in total. The van der Waals surface area contributed by atoms with Gasteiger partial charge in [0, 0.05) is 19.1 Å². The third-order valence-electron chi connectivity index (χ3n) is 5.03. The molecule has 15 heavy (non-hydrogen) atoms. The first kappa shape index (κ1) is 10.1. The minimum absolute atomic E-state index is 0.945. The average molecular weight is 208 g/mol. The van der Waals surface area contributed by atoms with Crippen molar-refractivity contribution in [1.29, 1.82) is 0 Å². The zero-order chi connectivity index (χ0) is 10.3. The van der Waals surface area contributed by atoms with Gasteiger partial charge in [0.25, 0.3) is 0 Å². The van der Waals surface area contributed by atoms with Crippen LogP contribution in [0.2, 0.25) is 0 Å². The largest absolute Gasteiger partial charge is 0.316 e. The molecule has 2 heterocycles. The molecule has 0 bridgehead atoms. The fourth-order valence-electron chi connectivity index (χ4n) is 4.14. The smallest absolute Gasteiger partial charge is 0.0124 e. The van der Waals surface area contributed by atoms with Gasteiger partial charge in [0.15, 0.2) is 0 Å². The standard InChI is InChI=1S/C13H24N2/c1-2-10-4-3-5-13(10)15-8-11-6-14-7-12(11)9-15/h10-14H,2-9H2,1H3. The fourth-order valence-corrected chi connectivity index (χ4v) is 4.14. The number of nitrogens with one attached hydrogen (secondary N) is 1. The molecule has 0 spiro atoms. The summed E-state index contributed by atoms with van der Waals surface area (Å²) in [5.74, 6) is 2.96. The molecule has 4 atom stereocenters. The quantitative estimate of drug-likeness (QED) is 0.743. The van der Waals surface area contributed by atoms with Gasteiger partial charge in [0.05, 0.1) is 0 Å². The summed E-state index contributed by atoms with van der Waals surface area (Å²) in [5.41, 5.74) is 0. The van der Waals surface area contributed by atoms with Crippen molar-refractivity contribution in [2.24, 2.45) is 17.8 Å². The average Bonchev–Trinajstić information content (AvgIpc) is 2.91. The molecule has 2 heteroatoms. The van der Waals surface area contributed by atoms with Crippen molar-refractivity contribution in [1.82, 2.24) is 10.2 Å². The van der Waals surface area contributed by atoms with Crippen molar-refractivity contribution in [3.8, 4) is 0 Å². The Kier molecular flexibility index (Phi) is 2.73. The first-order chi connectivity index (χ1) is 7.38. The van der Waals surface area contributed by atoms with Gasteiger partial charge in [-0.05, 0) is 43.7 Å². The van der Waals surface area contributed by atoms with Gasteiger partial charge in [-0.15, -0.1) is 0 Å². The Labute approximate surface area is 93.4 Å². The zero-order valence-electron chi connectivity index (χ0n) is 9.91. The molecule has 1 aliphatic carbocycles. The van der Waals surface area contributed by atoms with Crippen LogP contribution < -0.4 is 5.32 Å². The highest BCUT2D eigenvalue weighted by Crippen LogP contribution is 2.37. The lowest BCUT2D eigenvalue weighted by Gasteiger charge is -2.29. The molecular formula is C13H24N2. The highest BCUT2D eigenvalue weighted by molar-refractivity contribution is 4.96. The van der Waals surface area contributed by atoms with Gasteiger partial charge in [-0.25, -0.2) is 0 Å². The SMILES string of the molecule is CCC1CCCC1N1CC2CNCC2C1. The maximum atomic E-state index is 3.53. The van der Waals surface area contributed by atoms with Crippen LogP contribution in [0, 0.1) is 17.8 Å². The van der Waals surface area contributed by atoms with Crippen LogP contribution in [0.1, 0.15) is 32.6 Å². The fraction of sp³-hybridized carbons (Fsp3) is 1.00. The van der Waals surface area contributed by atoms with Gasteiger partial charge in [0.2, 0.25) is 0 Å². The van der Waals surface area contributed by atoms with E-state index in [1.54, 1.807) is 0 Å². The van der Waals surface area contributed by atoms with E-state index in [2.05, 4.69) is 17.1 Å². The lowest BCUT2D eigenvalue weighted by molar-refractivity contribution is 0.181. The Morgan fingerprint density at radius 2 is 1.87 bits per heavy atom. The Morgan fingerprint density at radius 3 is 2.53 bits per heavy atom. The summed E-state index contributed by atoms with van der Waals surface area (Å²) in [6.07, 6.45) is 5.85. The summed E-state index contributed by atoms with van der Waals surface area (Å²) in [6.45, 7) is 7.72. The van der Waals surface area contributed by atoms with E-state index in [1.807, 2.05) is 0 Å². The van der Waals surface area contributed by atoms with Crippen molar-refractivity contribution in [2.45, 2.75) is 38.6 Å². The van der Waals surface area contributed by atoms with Gasteiger partial charge >= 0.3 is 0 Å². The molecule has 2 saturated heterocycles. The van der Waals surface area contributed by atoms with E-state index < -0.39 is 0 Å². The second kappa shape index (κ2) is 4.06. The minimum atomic E-state index is 0.945. The second-order valence-electron chi connectivity index (χ2n) is 5.80. The number of hydrogen-bond donors (Lipinski definition) is 1. The van der Waals surface area contributed by atoms with Crippen molar-refractivity contribution in [3.05, 3.63) is 0 Å². The van der Waals surface area contributed by atoms with E-state index in [-0.39, 0.29) is 0 Å². The van der Waals surface area contributed by atoms with Crippen LogP contribution in [0.25, 0.3) is 0 Å². The first-order valence-electron chi connectivity index (χ1n) is 6.83. The van der Waals surface area contributed by atoms with Crippen molar-refractivity contribution in [2.75, 3.05) is 26.2 Å². The van der Waals surface area contributed by atoms with E-state index in [4.69, 9.17) is 0 Å². The van der Waals surface area contributed by atoms with Crippen molar-refractivity contribution >= 4 is 0 Å². The normalized spacial score (nSPS) is 46.2. The number of hydrogen-bond acceptors (Lipinski definition) is 2. The van der Waals surface area contributed by atoms with Crippen LogP contribution in [0.4, 0.5) is 0 Å². The summed E-state index contributed by atoms with van der Waals surface area (Å²) in [5, 5.41) is 3.53. The van der Waals surface area contributed by atoms with E-state index in [0.717, 1.165) is 23.8 Å². The van der Waals surface area contributed by atoms with E-state index in [1.165, 1.54) is 51.9 Å². The lowest BCUT2D eigenvalue weighted by Crippen LogP contribution is -2.37. The maximum absolute atomic E-state index is 3.53. The number of fused-ring (bicyclic) bond motifs is 1. The molecule has 1 N–H and O–H groups in total. The molecule has 0 aromatic carbocycles. The highest BCUT2D eigenvalue weighted by Gasteiger charge is 2.41. The molecule has 0 radical (unpaired) electrons. The first-order valence-corrected chi connectivity index (χ1v) is 6.83. The van der Waals surface area contributed by atoms with E-state index in [0.29, 0.717) is 0 Å². The summed E-state index contributed by atoms with van der Waals surface area (Å²) in [6, 6.07) is 0.945. The summed E-state index contributed by atoms with van der Waals surface area (Å²) in [4.78, 5) is 2.83. The lowest BCUT2D eigenvalue weighted by atomic mass is 9.99. The van der Waals surface area contributed by atoms with Crippen LogP contribution in [-0.4, -0.2) is 37.1 Å². The van der Waals surface area contributed by atoms with Gasteiger partial charge < -0.3 is 5.32 Å². The van der Waals surface area contributed by atoms with Crippen LogP contribution in [-0.2, 0) is 0 Å². The summed E-state index contributed by atoms with van der Waals surface area (Å²) < 4.78 is 0. The summed E-state index contributed by atoms with van der Waals surface area (Å²) in [7, 11) is 0. The van der Waals surface area contributed by atoms with Crippen molar-refractivity contribution < 1.29 is 0 Å². The molecule has 0 aromatic rings. The zero-order valence-corrected chi connectivity index (χ0v) is 9.91. The van der Waals surface area contributed by atoms with Gasteiger partial charge in [0.1, 0.15) is 0 Å². The second-order valence-corrected chi connectivity index (χ2v) is 5.80. The Bertz CT molecular complexity index is 217. The minimum Gasteiger partial charge on any atom is -0.316 e. The number of nitrogens with zero attached hydrogens (tertiary/aromatic N) is 1. The van der Waals surface area contributed by atoms with E-state index in [9.17, 15) is 0 Å². The number of rotatable bonds is 2. The van der Waals surface area contributed by atoms with Gasteiger partial charge in [-0.1, -0.05) is 19.8 Å². The Morgan fingerprint density at radius 1 is 1.13 bits per heavy atom. The van der Waals surface area contributed by atoms with Crippen molar-refractivity contribution in [3.63, 3.8) is 0 Å². The molecule has 86 valence electrons. The molecule has 2 aliphatic heterocycles. The number of likely N-dealkylation sites (tertiary alicyclic amines) is 1.